The molecule has 1 unspecified atom stereocenters. The fraction of sp³-hybridized carbons (Fsp3) is 0.500. The molecule has 0 saturated carbocycles. The Balaban J connectivity index is 2.00. The molecule has 1 heterocycles. The average molecular weight is 321 g/mol. The molecule has 0 spiro atoms. The Bertz CT molecular complexity index is 595. The normalized spacial score (nSPS) is 18.8. The highest BCUT2D eigenvalue weighted by Gasteiger charge is 2.31. The SMILES string of the molecule is CC(C)(C)OC(=O)N1CCC(Oc2ccccc2/C(N)=N/O)C1. The van der Waals surface area contributed by atoms with Gasteiger partial charge < -0.3 is 25.3 Å². The highest BCUT2D eigenvalue weighted by atomic mass is 16.6. The van der Waals surface area contributed by atoms with Gasteiger partial charge in [0, 0.05) is 13.0 Å². The molecular formula is C16H23N3O4. The van der Waals surface area contributed by atoms with Gasteiger partial charge in [0.2, 0.25) is 0 Å². The van der Waals surface area contributed by atoms with Crippen molar-refractivity contribution >= 4 is 11.9 Å². The lowest BCUT2D eigenvalue weighted by Gasteiger charge is -2.24. The topological polar surface area (TPSA) is 97.4 Å². The Kier molecular flexibility index (Phi) is 4.98. The summed E-state index contributed by atoms with van der Waals surface area (Å²) in [5.41, 5.74) is 5.65. The highest BCUT2D eigenvalue weighted by molar-refractivity contribution is 5.99. The Labute approximate surface area is 135 Å². The van der Waals surface area contributed by atoms with Crippen molar-refractivity contribution in [3.8, 4) is 5.75 Å². The van der Waals surface area contributed by atoms with Gasteiger partial charge in [-0.3, -0.25) is 0 Å². The van der Waals surface area contributed by atoms with E-state index >= 15 is 0 Å². The molecular weight excluding hydrogens is 298 g/mol. The number of nitrogens with two attached hydrogens (primary N) is 1. The van der Waals surface area contributed by atoms with Gasteiger partial charge in [0.25, 0.3) is 0 Å². The van der Waals surface area contributed by atoms with E-state index in [1.807, 2.05) is 26.8 Å². The number of carbonyl (C=O) groups is 1. The maximum atomic E-state index is 12.1. The monoisotopic (exact) mass is 321 g/mol. The standard InChI is InChI=1S/C16H23N3O4/c1-16(2,3)23-15(20)19-9-8-11(10-19)22-13-7-5-4-6-12(13)14(17)18-21/h4-7,11,21H,8-10H2,1-3H3,(H2,17,18). The van der Waals surface area contributed by atoms with Crippen LogP contribution in [0, 0.1) is 0 Å². The Morgan fingerprint density at radius 3 is 2.74 bits per heavy atom. The molecule has 0 aliphatic carbocycles. The van der Waals surface area contributed by atoms with Crippen LogP contribution in [0.25, 0.3) is 0 Å². The minimum absolute atomic E-state index is 0.0115. The molecule has 3 N–H and O–H groups in total. The molecule has 126 valence electrons. The van der Waals surface area contributed by atoms with Crippen LogP contribution in [0.3, 0.4) is 0 Å². The lowest BCUT2D eigenvalue weighted by molar-refractivity contribution is 0.0275. The number of oxime groups is 1. The number of likely N-dealkylation sites (tertiary alicyclic amines) is 1. The van der Waals surface area contributed by atoms with E-state index in [1.165, 1.54) is 0 Å². The molecule has 1 aliphatic heterocycles. The number of nitrogens with zero attached hydrogens (tertiary/aromatic N) is 2. The second-order valence-electron chi connectivity index (χ2n) is 6.44. The first-order valence-electron chi connectivity index (χ1n) is 7.51. The van der Waals surface area contributed by atoms with Crippen LogP contribution in [0.2, 0.25) is 0 Å². The molecule has 1 fully saturated rings. The third kappa shape index (κ3) is 4.51. The summed E-state index contributed by atoms with van der Waals surface area (Å²) in [4.78, 5) is 13.7. The van der Waals surface area contributed by atoms with Gasteiger partial charge >= 0.3 is 6.09 Å². The Hall–Kier alpha value is -2.44. The predicted molar refractivity (Wildman–Crippen MR) is 85.8 cm³/mol. The second kappa shape index (κ2) is 6.76. The maximum absolute atomic E-state index is 12.1. The molecule has 1 aromatic rings. The summed E-state index contributed by atoms with van der Waals surface area (Å²) in [6.07, 6.45) is 0.201. The van der Waals surface area contributed by atoms with E-state index < -0.39 is 5.60 Å². The maximum Gasteiger partial charge on any atom is 0.410 e. The van der Waals surface area contributed by atoms with Crippen molar-refractivity contribution in [1.82, 2.24) is 4.90 Å². The van der Waals surface area contributed by atoms with Gasteiger partial charge in [0.1, 0.15) is 17.5 Å². The molecule has 1 amide bonds. The van der Waals surface area contributed by atoms with Gasteiger partial charge in [-0.05, 0) is 32.9 Å². The second-order valence-corrected chi connectivity index (χ2v) is 6.44. The summed E-state index contributed by atoms with van der Waals surface area (Å²) < 4.78 is 11.3. The van der Waals surface area contributed by atoms with Crippen molar-refractivity contribution < 1.29 is 19.5 Å². The first-order chi connectivity index (χ1) is 10.8. The molecule has 1 aliphatic rings. The summed E-state index contributed by atoms with van der Waals surface area (Å²) in [6, 6.07) is 7.06. The summed E-state index contributed by atoms with van der Waals surface area (Å²) in [6.45, 7) is 6.53. The van der Waals surface area contributed by atoms with Gasteiger partial charge in [0.05, 0.1) is 12.1 Å². The first kappa shape index (κ1) is 16.9. The molecule has 1 aromatic carbocycles. The van der Waals surface area contributed by atoms with Crippen molar-refractivity contribution in [3.63, 3.8) is 0 Å². The Morgan fingerprint density at radius 1 is 1.39 bits per heavy atom. The molecule has 1 atom stereocenters. The number of hydrogen-bond donors (Lipinski definition) is 2. The van der Waals surface area contributed by atoms with Crippen LogP contribution in [0.5, 0.6) is 5.75 Å². The van der Waals surface area contributed by atoms with Crippen molar-refractivity contribution in [1.29, 1.82) is 0 Å². The van der Waals surface area contributed by atoms with E-state index in [-0.39, 0.29) is 18.0 Å². The highest BCUT2D eigenvalue weighted by Crippen LogP contribution is 2.23. The fourth-order valence-corrected chi connectivity index (χ4v) is 2.33. The van der Waals surface area contributed by atoms with Crippen LogP contribution in [-0.2, 0) is 4.74 Å². The zero-order chi connectivity index (χ0) is 17.0. The quantitative estimate of drug-likeness (QED) is 0.385. The first-order valence-corrected chi connectivity index (χ1v) is 7.51. The van der Waals surface area contributed by atoms with Crippen LogP contribution < -0.4 is 10.5 Å². The number of carbonyl (C=O) groups excluding carboxylic acids is 1. The molecule has 7 heteroatoms. The minimum atomic E-state index is -0.519. The molecule has 0 bridgehead atoms. The van der Waals surface area contributed by atoms with Crippen LogP contribution in [0.4, 0.5) is 4.79 Å². The van der Waals surface area contributed by atoms with Crippen LogP contribution in [-0.4, -0.2) is 46.8 Å². The van der Waals surface area contributed by atoms with Crippen molar-refractivity contribution in [2.75, 3.05) is 13.1 Å². The predicted octanol–water partition coefficient (Wildman–Crippen LogP) is 2.17. The van der Waals surface area contributed by atoms with Crippen LogP contribution in [0.15, 0.2) is 29.4 Å². The van der Waals surface area contributed by atoms with Crippen molar-refractivity contribution in [3.05, 3.63) is 29.8 Å². The fourth-order valence-electron chi connectivity index (χ4n) is 2.33. The summed E-state index contributed by atoms with van der Waals surface area (Å²) in [5, 5.41) is 11.8. The van der Waals surface area contributed by atoms with Crippen molar-refractivity contribution in [2.24, 2.45) is 10.9 Å². The van der Waals surface area contributed by atoms with Gasteiger partial charge in [-0.25, -0.2) is 4.79 Å². The third-order valence-corrected chi connectivity index (χ3v) is 3.36. The van der Waals surface area contributed by atoms with E-state index in [1.54, 1.807) is 23.1 Å². The van der Waals surface area contributed by atoms with Crippen molar-refractivity contribution in [2.45, 2.75) is 38.9 Å². The summed E-state index contributed by atoms with van der Waals surface area (Å²) in [7, 11) is 0. The van der Waals surface area contributed by atoms with E-state index in [2.05, 4.69) is 5.16 Å². The van der Waals surface area contributed by atoms with E-state index in [9.17, 15) is 4.79 Å². The summed E-state index contributed by atoms with van der Waals surface area (Å²) in [5.74, 6) is 0.515. The van der Waals surface area contributed by atoms with Gasteiger partial charge in [-0.15, -0.1) is 0 Å². The van der Waals surface area contributed by atoms with E-state index in [4.69, 9.17) is 20.4 Å². The number of benzene rings is 1. The van der Waals surface area contributed by atoms with Gasteiger partial charge in [0.15, 0.2) is 5.84 Å². The van der Waals surface area contributed by atoms with Crippen LogP contribution >= 0.6 is 0 Å². The lowest BCUT2D eigenvalue weighted by Crippen LogP contribution is -2.36. The number of rotatable bonds is 3. The van der Waals surface area contributed by atoms with Crippen LogP contribution in [0.1, 0.15) is 32.8 Å². The minimum Gasteiger partial charge on any atom is -0.488 e. The molecule has 0 aromatic heterocycles. The summed E-state index contributed by atoms with van der Waals surface area (Å²) >= 11 is 0. The third-order valence-electron chi connectivity index (χ3n) is 3.36. The van der Waals surface area contributed by atoms with E-state index in [0.29, 0.717) is 30.8 Å². The number of ether oxygens (including phenoxy) is 2. The Morgan fingerprint density at radius 2 is 2.09 bits per heavy atom. The largest absolute Gasteiger partial charge is 0.488 e. The average Bonchev–Trinajstić information content (AvgIpc) is 2.94. The van der Waals surface area contributed by atoms with Gasteiger partial charge in [-0.2, -0.15) is 0 Å². The molecule has 23 heavy (non-hydrogen) atoms. The molecule has 0 radical (unpaired) electrons. The smallest absolute Gasteiger partial charge is 0.410 e. The van der Waals surface area contributed by atoms with Gasteiger partial charge in [-0.1, -0.05) is 17.3 Å². The number of hydrogen-bond acceptors (Lipinski definition) is 5. The zero-order valence-corrected chi connectivity index (χ0v) is 13.7. The zero-order valence-electron chi connectivity index (χ0n) is 13.7. The molecule has 1 saturated heterocycles. The molecule has 7 nitrogen and oxygen atoms in total. The van der Waals surface area contributed by atoms with E-state index in [0.717, 1.165) is 0 Å². The number of amides is 1. The number of amidine groups is 1. The lowest BCUT2D eigenvalue weighted by atomic mass is 10.2. The molecule has 2 rings (SSSR count). The number of para-hydroxylation sites is 1.